The van der Waals surface area contributed by atoms with Crippen molar-refractivity contribution in [2.45, 2.75) is 6.42 Å². The molecular formula is C20H15ClN2OS. The Hall–Kier alpha value is -2.48. The number of hydrogen-bond acceptors (Lipinski definition) is 3. The van der Waals surface area contributed by atoms with E-state index in [9.17, 15) is 4.79 Å². The molecule has 3 nitrogen and oxygen atoms in total. The third-order valence-electron chi connectivity index (χ3n) is 4.00. The van der Waals surface area contributed by atoms with Gasteiger partial charge in [-0.15, -0.1) is 11.8 Å². The molecule has 0 bridgehead atoms. The molecule has 25 heavy (non-hydrogen) atoms. The Morgan fingerprint density at radius 1 is 1.24 bits per heavy atom. The molecule has 0 spiro atoms. The van der Waals surface area contributed by atoms with Crippen LogP contribution in [0.15, 0.2) is 59.5 Å². The molecule has 124 valence electrons. The van der Waals surface area contributed by atoms with E-state index >= 15 is 0 Å². The number of nitrogens with zero attached hydrogens (tertiary/aromatic N) is 1. The van der Waals surface area contributed by atoms with E-state index in [0.29, 0.717) is 17.0 Å². The number of carbonyl (C=O) groups excluding carboxylic acids is 1. The first-order valence-corrected chi connectivity index (χ1v) is 9.26. The van der Waals surface area contributed by atoms with Crippen molar-refractivity contribution in [3.05, 3.63) is 75.7 Å². The van der Waals surface area contributed by atoms with E-state index in [1.807, 2.05) is 54.8 Å². The van der Waals surface area contributed by atoms with E-state index < -0.39 is 0 Å². The van der Waals surface area contributed by atoms with E-state index in [-0.39, 0.29) is 5.91 Å². The second-order valence-corrected chi connectivity index (χ2v) is 6.85. The number of amides is 1. The molecule has 2 aromatic carbocycles. The number of anilines is 1. The molecule has 0 radical (unpaired) electrons. The molecule has 2 aromatic rings. The van der Waals surface area contributed by atoms with Crippen molar-refractivity contribution in [1.29, 1.82) is 5.26 Å². The number of hydrogen-bond donors (Lipinski definition) is 1. The lowest BCUT2D eigenvalue weighted by Gasteiger charge is -2.13. The summed E-state index contributed by atoms with van der Waals surface area (Å²) in [7, 11) is 0. The van der Waals surface area contributed by atoms with Crippen LogP contribution in [-0.4, -0.2) is 12.2 Å². The third kappa shape index (κ3) is 3.63. The van der Waals surface area contributed by atoms with Crippen molar-refractivity contribution in [3.8, 4) is 6.07 Å². The van der Waals surface area contributed by atoms with E-state index in [0.717, 1.165) is 27.3 Å². The van der Waals surface area contributed by atoms with Gasteiger partial charge in [0.1, 0.15) is 0 Å². The normalized spacial score (nSPS) is 15.4. The first-order chi connectivity index (χ1) is 12.1. The highest BCUT2D eigenvalue weighted by Crippen LogP contribution is 2.40. The number of thioether (sulfide) groups is 1. The van der Waals surface area contributed by atoms with Crippen LogP contribution in [0.4, 0.5) is 5.69 Å². The van der Waals surface area contributed by atoms with E-state index in [2.05, 4.69) is 11.4 Å². The number of rotatable bonds is 4. The highest BCUT2D eigenvalue weighted by atomic mass is 35.5. The van der Waals surface area contributed by atoms with Crippen LogP contribution < -0.4 is 5.32 Å². The fraction of sp³-hybridized carbons (Fsp3) is 0.100. The fourth-order valence-corrected chi connectivity index (χ4v) is 3.42. The van der Waals surface area contributed by atoms with Crippen molar-refractivity contribution < 1.29 is 4.79 Å². The highest BCUT2D eigenvalue weighted by molar-refractivity contribution is 8.02. The summed E-state index contributed by atoms with van der Waals surface area (Å²) >= 11 is 7.52. The second kappa shape index (κ2) is 7.60. The van der Waals surface area contributed by atoms with Crippen molar-refractivity contribution in [1.82, 2.24) is 0 Å². The predicted octanol–water partition coefficient (Wildman–Crippen LogP) is 5.36. The Labute approximate surface area is 156 Å². The number of fused-ring (bicyclic) bond motifs is 1. The minimum Gasteiger partial charge on any atom is -0.321 e. The van der Waals surface area contributed by atoms with Crippen molar-refractivity contribution in [2.75, 3.05) is 11.6 Å². The van der Waals surface area contributed by atoms with Crippen LogP contribution in [0, 0.1) is 11.3 Å². The van der Waals surface area contributed by atoms with Crippen molar-refractivity contribution in [2.24, 2.45) is 0 Å². The number of nitrogens with one attached hydrogen (secondary N) is 1. The Balaban J connectivity index is 2.21. The SMILES string of the molecule is CS/C(=C\C#N)C/C(=C1\C(=O)Nc2ccccc21)c1ccc(Cl)cc1. The molecule has 0 atom stereocenters. The molecule has 0 fully saturated rings. The van der Waals surface area contributed by atoms with Gasteiger partial charge < -0.3 is 5.32 Å². The molecule has 1 aliphatic rings. The monoisotopic (exact) mass is 366 g/mol. The first kappa shape index (κ1) is 17.3. The van der Waals surface area contributed by atoms with Gasteiger partial charge in [-0.2, -0.15) is 5.26 Å². The Morgan fingerprint density at radius 3 is 2.64 bits per heavy atom. The van der Waals surface area contributed by atoms with Gasteiger partial charge >= 0.3 is 0 Å². The van der Waals surface area contributed by atoms with E-state index in [4.69, 9.17) is 16.9 Å². The molecule has 0 saturated heterocycles. The molecule has 3 rings (SSSR count). The summed E-state index contributed by atoms with van der Waals surface area (Å²) in [6.07, 6.45) is 3.96. The van der Waals surface area contributed by atoms with Crippen molar-refractivity contribution in [3.63, 3.8) is 0 Å². The molecule has 0 aromatic heterocycles. The van der Waals surface area contributed by atoms with Crippen LogP contribution >= 0.6 is 23.4 Å². The van der Waals surface area contributed by atoms with Gasteiger partial charge in [-0.1, -0.05) is 41.9 Å². The maximum atomic E-state index is 12.7. The second-order valence-electron chi connectivity index (χ2n) is 5.48. The summed E-state index contributed by atoms with van der Waals surface area (Å²) in [5.41, 5.74) is 4.15. The standard InChI is InChI=1S/C20H15ClN2OS/c1-25-15(10-11-22)12-17(13-6-8-14(21)9-7-13)19-16-4-2-3-5-18(16)23-20(19)24/h2-10H,12H2,1H3,(H,23,24)/b15-10-,19-17+. The van der Waals surface area contributed by atoms with Crippen LogP contribution in [0.2, 0.25) is 5.02 Å². The van der Waals surface area contributed by atoms with Gasteiger partial charge in [0.25, 0.3) is 5.91 Å². The van der Waals surface area contributed by atoms with Crippen molar-refractivity contribution >= 4 is 46.1 Å². The topological polar surface area (TPSA) is 52.9 Å². The zero-order chi connectivity index (χ0) is 17.8. The number of benzene rings is 2. The summed E-state index contributed by atoms with van der Waals surface area (Å²) in [5.74, 6) is -0.122. The van der Waals surface area contributed by atoms with Gasteiger partial charge in [0.2, 0.25) is 0 Å². The van der Waals surface area contributed by atoms with Crippen LogP contribution in [-0.2, 0) is 4.79 Å². The lowest BCUT2D eigenvalue weighted by molar-refractivity contribution is -0.110. The average Bonchev–Trinajstić information content (AvgIpc) is 2.95. The summed E-state index contributed by atoms with van der Waals surface area (Å²) in [6, 6.07) is 17.1. The highest BCUT2D eigenvalue weighted by Gasteiger charge is 2.27. The van der Waals surface area contributed by atoms with Crippen LogP contribution in [0.1, 0.15) is 17.5 Å². The van der Waals surface area contributed by atoms with E-state index in [1.165, 1.54) is 17.8 Å². The minimum absolute atomic E-state index is 0.122. The molecule has 1 N–H and O–H groups in total. The lowest BCUT2D eigenvalue weighted by atomic mass is 9.93. The maximum Gasteiger partial charge on any atom is 0.256 e. The predicted molar refractivity (Wildman–Crippen MR) is 105 cm³/mol. The number of halogens is 1. The first-order valence-electron chi connectivity index (χ1n) is 7.66. The fourth-order valence-electron chi connectivity index (χ4n) is 2.83. The Morgan fingerprint density at radius 2 is 1.96 bits per heavy atom. The molecule has 0 saturated carbocycles. The molecule has 1 aliphatic heterocycles. The molecular weight excluding hydrogens is 352 g/mol. The molecule has 1 amide bonds. The number of para-hydroxylation sites is 1. The number of carbonyl (C=O) groups is 1. The Bertz CT molecular complexity index is 923. The van der Waals surface area contributed by atoms with E-state index in [1.54, 1.807) is 0 Å². The zero-order valence-corrected chi connectivity index (χ0v) is 15.1. The summed E-state index contributed by atoms with van der Waals surface area (Å²) in [5, 5.41) is 12.6. The molecule has 1 heterocycles. The number of allylic oxidation sites excluding steroid dienone is 3. The van der Waals surface area contributed by atoms with Crippen LogP contribution in [0.25, 0.3) is 11.1 Å². The van der Waals surface area contributed by atoms with Crippen LogP contribution in [0.3, 0.4) is 0 Å². The lowest BCUT2D eigenvalue weighted by Crippen LogP contribution is -2.06. The van der Waals surface area contributed by atoms with Crippen LogP contribution in [0.5, 0.6) is 0 Å². The zero-order valence-electron chi connectivity index (χ0n) is 13.5. The summed E-state index contributed by atoms with van der Waals surface area (Å²) in [6.45, 7) is 0. The van der Waals surface area contributed by atoms with Gasteiger partial charge in [-0.3, -0.25) is 4.79 Å². The third-order valence-corrected chi connectivity index (χ3v) is 5.04. The van der Waals surface area contributed by atoms with Gasteiger partial charge in [0.05, 0.1) is 11.6 Å². The van der Waals surface area contributed by atoms with Gasteiger partial charge in [-0.25, -0.2) is 0 Å². The maximum absolute atomic E-state index is 12.7. The quantitative estimate of drug-likeness (QED) is 0.585. The summed E-state index contributed by atoms with van der Waals surface area (Å²) in [4.78, 5) is 13.6. The Kier molecular flexibility index (Phi) is 5.28. The van der Waals surface area contributed by atoms with Gasteiger partial charge in [-0.05, 0) is 40.5 Å². The average molecular weight is 367 g/mol. The molecule has 0 unspecified atom stereocenters. The van der Waals surface area contributed by atoms with Gasteiger partial charge in [0.15, 0.2) is 0 Å². The number of nitriles is 1. The summed E-state index contributed by atoms with van der Waals surface area (Å²) < 4.78 is 0. The molecule has 0 aliphatic carbocycles. The smallest absolute Gasteiger partial charge is 0.256 e. The largest absolute Gasteiger partial charge is 0.321 e. The van der Waals surface area contributed by atoms with Gasteiger partial charge in [0, 0.05) is 28.8 Å². The minimum atomic E-state index is -0.122. The molecule has 5 heteroatoms.